The van der Waals surface area contributed by atoms with Crippen molar-refractivity contribution in [2.45, 2.75) is 6.54 Å². The van der Waals surface area contributed by atoms with E-state index in [1.165, 1.54) is 10.9 Å². The minimum Gasteiger partial charge on any atom is -0.267 e. The molecule has 3 heterocycles. The van der Waals surface area contributed by atoms with E-state index in [9.17, 15) is 4.79 Å². The molecule has 0 radical (unpaired) electrons. The molecule has 0 saturated heterocycles. The molecule has 0 bridgehead atoms. The summed E-state index contributed by atoms with van der Waals surface area (Å²) in [4.78, 5) is 12.5. The maximum absolute atomic E-state index is 12.5. The summed E-state index contributed by atoms with van der Waals surface area (Å²) >= 11 is 7.02. The van der Waals surface area contributed by atoms with Crippen LogP contribution in [0.1, 0.15) is 5.69 Å². The molecule has 8 nitrogen and oxygen atoms in total. The van der Waals surface area contributed by atoms with E-state index in [4.69, 9.17) is 11.6 Å². The lowest BCUT2D eigenvalue weighted by Gasteiger charge is -2.03. The molecule has 1 aromatic carbocycles. The van der Waals surface area contributed by atoms with Gasteiger partial charge < -0.3 is 0 Å². The van der Waals surface area contributed by atoms with Crippen LogP contribution in [0.2, 0.25) is 4.34 Å². The summed E-state index contributed by atoms with van der Waals surface area (Å²) in [5.74, 6) is 0. The molecule has 4 rings (SSSR count). The van der Waals surface area contributed by atoms with Crippen molar-refractivity contribution in [1.29, 1.82) is 0 Å². The summed E-state index contributed by atoms with van der Waals surface area (Å²) in [5.41, 5.74) is 1.39. The Morgan fingerprint density at radius 3 is 2.74 bits per heavy atom. The van der Waals surface area contributed by atoms with Crippen LogP contribution < -0.4 is 5.56 Å². The Labute approximate surface area is 138 Å². The van der Waals surface area contributed by atoms with Gasteiger partial charge in [-0.2, -0.15) is 5.10 Å². The van der Waals surface area contributed by atoms with Crippen molar-refractivity contribution in [3.8, 4) is 5.69 Å². The monoisotopic (exact) mass is 345 g/mol. The van der Waals surface area contributed by atoms with Crippen LogP contribution in [-0.4, -0.2) is 34.4 Å². The lowest BCUT2D eigenvalue weighted by atomic mass is 10.3. The zero-order valence-corrected chi connectivity index (χ0v) is 13.1. The summed E-state index contributed by atoms with van der Waals surface area (Å²) in [7, 11) is 0. The Kier molecular flexibility index (Phi) is 3.36. The number of halogens is 1. The lowest BCUT2D eigenvalue weighted by Crippen LogP contribution is -2.25. The fourth-order valence-electron chi connectivity index (χ4n) is 2.16. The summed E-state index contributed by atoms with van der Waals surface area (Å²) in [5, 5.41) is 16.5. The highest BCUT2D eigenvalue weighted by atomic mass is 35.5. The number of benzene rings is 1. The highest BCUT2D eigenvalue weighted by Crippen LogP contribution is 2.18. The molecular weight excluding hydrogens is 338 g/mol. The third-order valence-electron chi connectivity index (χ3n) is 3.27. The van der Waals surface area contributed by atoms with Crippen LogP contribution in [0.4, 0.5) is 0 Å². The molecule has 10 heteroatoms. The maximum Gasteiger partial charge on any atom is 0.281 e. The zero-order valence-electron chi connectivity index (χ0n) is 11.5. The molecule has 0 saturated carbocycles. The Morgan fingerprint density at radius 1 is 1.17 bits per heavy atom. The Morgan fingerprint density at radius 2 is 2.00 bits per heavy atom. The number of para-hydroxylation sites is 1. The molecule has 114 valence electrons. The normalized spacial score (nSPS) is 11.2. The Hall–Kier alpha value is -2.65. The minimum absolute atomic E-state index is 0.119. The van der Waals surface area contributed by atoms with Crippen molar-refractivity contribution in [2.24, 2.45) is 0 Å². The SMILES string of the molecule is O=c1c2cnn(-c3ccccc3)c2nnn1Cc1nnsc1Cl. The molecule has 0 fully saturated rings. The number of aromatic nitrogens is 7. The van der Waals surface area contributed by atoms with Gasteiger partial charge in [-0.15, -0.1) is 10.2 Å². The van der Waals surface area contributed by atoms with Crippen LogP contribution in [-0.2, 0) is 6.54 Å². The van der Waals surface area contributed by atoms with E-state index in [0.717, 1.165) is 17.2 Å². The van der Waals surface area contributed by atoms with Gasteiger partial charge in [-0.25, -0.2) is 9.36 Å². The fourth-order valence-corrected chi connectivity index (χ4v) is 2.77. The van der Waals surface area contributed by atoms with E-state index in [2.05, 4.69) is 25.0 Å². The van der Waals surface area contributed by atoms with Gasteiger partial charge in [-0.05, 0) is 12.1 Å². The average Bonchev–Trinajstić information content (AvgIpc) is 3.18. The van der Waals surface area contributed by atoms with Crippen LogP contribution in [0.5, 0.6) is 0 Å². The molecule has 23 heavy (non-hydrogen) atoms. The molecule has 0 unspecified atom stereocenters. The Bertz CT molecular complexity index is 1040. The van der Waals surface area contributed by atoms with Crippen LogP contribution in [0.15, 0.2) is 41.3 Å². The lowest BCUT2D eigenvalue weighted by molar-refractivity contribution is 0.588. The van der Waals surface area contributed by atoms with E-state index in [1.807, 2.05) is 30.3 Å². The van der Waals surface area contributed by atoms with Crippen LogP contribution in [0.3, 0.4) is 0 Å². The molecule has 0 aliphatic rings. The molecule has 0 N–H and O–H groups in total. The zero-order chi connectivity index (χ0) is 15.8. The Balaban J connectivity index is 1.81. The number of hydrogen-bond donors (Lipinski definition) is 0. The summed E-state index contributed by atoms with van der Waals surface area (Å²) in [6.07, 6.45) is 1.48. The third kappa shape index (κ3) is 2.39. The molecule has 3 aromatic heterocycles. The second kappa shape index (κ2) is 5.52. The molecule has 4 aromatic rings. The second-order valence-electron chi connectivity index (χ2n) is 4.67. The molecular formula is C13H8ClN7OS. The third-order valence-corrected chi connectivity index (χ3v) is 4.25. The van der Waals surface area contributed by atoms with Gasteiger partial charge in [0.2, 0.25) is 0 Å². The van der Waals surface area contributed by atoms with E-state index in [1.54, 1.807) is 4.68 Å². The first kappa shape index (κ1) is 14.0. The number of rotatable bonds is 3. The molecule has 0 spiro atoms. The van der Waals surface area contributed by atoms with Crippen molar-refractivity contribution in [3.05, 3.63) is 56.9 Å². The fraction of sp³-hybridized carbons (Fsp3) is 0.0769. The van der Waals surface area contributed by atoms with Gasteiger partial charge in [-0.1, -0.05) is 39.5 Å². The number of nitrogens with zero attached hydrogens (tertiary/aromatic N) is 7. The average molecular weight is 346 g/mol. The molecule has 0 aliphatic heterocycles. The predicted molar refractivity (Wildman–Crippen MR) is 84.9 cm³/mol. The van der Waals surface area contributed by atoms with Gasteiger partial charge in [0.25, 0.3) is 5.56 Å². The van der Waals surface area contributed by atoms with Gasteiger partial charge in [0.05, 0.1) is 18.4 Å². The molecule has 0 aliphatic carbocycles. The minimum atomic E-state index is -0.304. The standard InChI is InChI=1S/C13H8ClN7OS/c14-11-10(16-19-23-11)7-20-13(22)9-6-15-21(12(9)17-18-20)8-4-2-1-3-5-8/h1-6H,7H2. The summed E-state index contributed by atoms with van der Waals surface area (Å²) < 4.78 is 6.93. The first-order valence-electron chi connectivity index (χ1n) is 6.58. The van der Waals surface area contributed by atoms with Gasteiger partial charge in [-0.3, -0.25) is 4.79 Å². The van der Waals surface area contributed by atoms with E-state index >= 15 is 0 Å². The van der Waals surface area contributed by atoms with Gasteiger partial charge in [0, 0.05) is 11.5 Å². The smallest absolute Gasteiger partial charge is 0.267 e. The van der Waals surface area contributed by atoms with Crippen molar-refractivity contribution < 1.29 is 0 Å². The predicted octanol–water partition coefficient (Wildman–Crippen LogP) is 1.53. The molecule has 0 atom stereocenters. The van der Waals surface area contributed by atoms with Crippen LogP contribution >= 0.6 is 23.1 Å². The van der Waals surface area contributed by atoms with E-state index < -0.39 is 0 Å². The van der Waals surface area contributed by atoms with Crippen LogP contribution in [0, 0.1) is 0 Å². The van der Waals surface area contributed by atoms with Crippen molar-refractivity contribution in [2.75, 3.05) is 0 Å². The van der Waals surface area contributed by atoms with E-state index in [-0.39, 0.29) is 12.1 Å². The second-order valence-corrected chi connectivity index (χ2v) is 6.03. The maximum atomic E-state index is 12.5. The van der Waals surface area contributed by atoms with Crippen molar-refractivity contribution in [1.82, 2.24) is 34.4 Å². The first-order chi connectivity index (χ1) is 11.2. The van der Waals surface area contributed by atoms with Gasteiger partial charge >= 0.3 is 0 Å². The summed E-state index contributed by atoms with van der Waals surface area (Å²) in [6, 6.07) is 9.42. The van der Waals surface area contributed by atoms with Crippen molar-refractivity contribution >= 4 is 34.2 Å². The largest absolute Gasteiger partial charge is 0.281 e. The van der Waals surface area contributed by atoms with E-state index in [0.29, 0.717) is 21.1 Å². The number of fused-ring (bicyclic) bond motifs is 1. The highest BCUT2D eigenvalue weighted by molar-refractivity contribution is 7.10. The van der Waals surface area contributed by atoms with Crippen LogP contribution in [0.25, 0.3) is 16.7 Å². The molecule has 0 amide bonds. The highest BCUT2D eigenvalue weighted by Gasteiger charge is 2.14. The van der Waals surface area contributed by atoms with Gasteiger partial charge in [0.1, 0.15) is 15.4 Å². The van der Waals surface area contributed by atoms with Gasteiger partial charge in [0.15, 0.2) is 5.65 Å². The summed E-state index contributed by atoms with van der Waals surface area (Å²) in [6.45, 7) is 0.119. The quantitative estimate of drug-likeness (QED) is 0.559. The topological polar surface area (TPSA) is 91.4 Å². The first-order valence-corrected chi connectivity index (χ1v) is 7.73. The van der Waals surface area contributed by atoms with Crippen molar-refractivity contribution in [3.63, 3.8) is 0 Å². The number of hydrogen-bond acceptors (Lipinski definition) is 7.